The van der Waals surface area contributed by atoms with Crippen LogP contribution in [-0.2, 0) is 20.9 Å². The highest BCUT2D eigenvalue weighted by Crippen LogP contribution is 2.20. The summed E-state index contributed by atoms with van der Waals surface area (Å²) in [6.45, 7) is 5.92. The number of nitrogens with zero attached hydrogens (tertiary/aromatic N) is 2. The van der Waals surface area contributed by atoms with Gasteiger partial charge in [-0.05, 0) is 5.56 Å². The molecule has 0 saturated carbocycles. The molecule has 1 aromatic rings. The Balaban J connectivity index is 1.42. The van der Waals surface area contributed by atoms with Crippen LogP contribution in [0.5, 0.6) is 0 Å². The zero-order valence-corrected chi connectivity index (χ0v) is 13.9. The lowest BCUT2D eigenvalue weighted by Crippen LogP contribution is -2.42. The third kappa shape index (κ3) is 4.55. The Morgan fingerprint density at radius 2 is 1.96 bits per heavy atom. The van der Waals surface area contributed by atoms with Gasteiger partial charge in [-0.25, -0.2) is 0 Å². The monoisotopic (exact) mass is 331 g/mol. The second kappa shape index (κ2) is 8.26. The van der Waals surface area contributed by atoms with Crippen molar-refractivity contribution in [2.45, 2.75) is 13.0 Å². The summed E-state index contributed by atoms with van der Waals surface area (Å²) in [6, 6.07) is 9.89. The molecule has 24 heavy (non-hydrogen) atoms. The highest BCUT2D eigenvalue weighted by atomic mass is 16.5. The molecule has 0 spiro atoms. The largest absolute Gasteiger partial charge is 0.379 e. The van der Waals surface area contributed by atoms with E-state index in [-0.39, 0.29) is 17.7 Å². The number of amides is 2. The van der Waals surface area contributed by atoms with E-state index in [1.807, 2.05) is 30.3 Å². The molecule has 0 aromatic heterocycles. The minimum absolute atomic E-state index is 0.00725. The van der Waals surface area contributed by atoms with Crippen molar-refractivity contribution in [3.8, 4) is 0 Å². The molecule has 2 heterocycles. The quantitative estimate of drug-likeness (QED) is 0.824. The molecule has 1 N–H and O–H groups in total. The van der Waals surface area contributed by atoms with Crippen LogP contribution in [0, 0.1) is 5.92 Å². The van der Waals surface area contributed by atoms with Crippen LogP contribution in [0.3, 0.4) is 0 Å². The summed E-state index contributed by atoms with van der Waals surface area (Å²) < 4.78 is 5.31. The van der Waals surface area contributed by atoms with Crippen LogP contribution in [0.2, 0.25) is 0 Å². The molecule has 0 radical (unpaired) electrons. The number of likely N-dealkylation sites (tertiary alicyclic amines) is 1. The first-order valence-electron chi connectivity index (χ1n) is 8.62. The Bertz CT molecular complexity index is 558. The van der Waals surface area contributed by atoms with E-state index in [0.29, 0.717) is 26.1 Å². The number of carbonyl (C=O) groups is 2. The SMILES string of the molecule is O=C(NCCN1CCOCC1)[C@H]1CC(=O)N(Cc2ccccc2)C1. The summed E-state index contributed by atoms with van der Waals surface area (Å²) in [5.41, 5.74) is 1.10. The van der Waals surface area contributed by atoms with Crippen LogP contribution in [-0.4, -0.2) is 67.6 Å². The van der Waals surface area contributed by atoms with E-state index in [4.69, 9.17) is 4.74 Å². The molecular formula is C18H25N3O3. The third-order valence-corrected chi connectivity index (χ3v) is 4.63. The van der Waals surface area contributed by atoms with Gasteiger partial charge < -0.3 is 15.0 Å². The number of rotatable bonds is 6. The van der Waals surface area contributed by atoms with Gasteiger partial charge in [0.2, 0.25) is 11.8 Å². The summed E-state index contributed by atoms with van der Waals surface area (Å²) in [7, 11) is 0. The molecule has 2 aliphatic heterocycles. The molecular weight excluding hydrogens is 306 g/mol. The van der Waals surface area contributed by atoms with E-state index in [9.17, 15) is 9.59 Å². The number of morpholine rings is 1. The molecule has 0 aliphatic carbocycles. The molecule has 1 atom stereocenters. The van der Waals surface area contributed by atoms with Gasteiger partial charge in [0, 0.05) is 45.7 Å². The maximum absolute atomic E-state index is 12.3. The molecule has 6 heteroatoms. The van der Waals surface area contributed by atoms with Crippen molar-refractivity contribution in [3.63, 3.8) is 0 Å². The Hall–Kier alpha value is -1.92. The van der Waals surface area contributed by atoms with Gasteiger partial charge in [0.15, 0.2) is 0 Å². The maximum atomic E-state index is 12.3. The average Bonchev–Trinajstić information content (AvgIpc) is 2.97. The predicted molar refractivity (Wildman–Crippen MR) is 90.2 cm³/mol. The minimum atomic E-state index is -0.231. The van der Waals surface area contributed by atoms with Gasteiger partial charge in [0.05, 0.1) is 19.1 Å². The van der Waals surface area contributed by atoms with Crippen molar-refractivity contribution < 1.29 is 14.3 Å². The first-order chi connectivity index (χ1) is 11.7. The highest BCUT2D eigenvalue weighted by molar-refractivity contribution is 5.89. The fourth-order valence-corrected chi connectivity index (χ4v) is 3.21. The number of carbonyl (C=O) groups excluding carboxylic acids is 2. The van der Waals surface area contributed by atoms with Crippen molar-refractivity contribution >= 4 is 11.8 Å². The van der Waals surface area contributed by atoms with Crippen LogP contribution < -0.4 is 5.32 Å². The predicted octanol–water partition coefficient (Wildman–Crippen LogP) is 0.484. The van der Waals surface area contributed by atoms with Gasteiger partial charge in [0.25, 0.3) is 0 Å². The lowest BCUT2D eigenvalue weighted by Gasteiger charge is -2.26. The van der Waals surface area contributed by atoms with E-state index in [1.165, 1.54) is 0 Å². The van der Waals surface area contributed by atoms with Crippen LogP contribution in [0.25, 0.3) is 0 Å². The first-order valence-corrected chi connectivity index (χ1v) is 8.62. The fraction of sp³-hybridized carbons (Fsp3) is 0.556. The van der Waals surface area contributed by atoms with Crippen molar-refractivity contribution in [2.75, 3.05) is 45.9 Å². The van der Waals surface area contributed by atoms with E-state index in [1.54, 1.807) is 4.90 Å². The lowest BCUT2D eigenvalue weighted by molar-refractivity contribution is -0.129. The highest BCUT2D eigenvalue weighted by Gasteiger charge is 2.34. The first kappa shape index (κ1) is 16.9. The number of hydrogen-bond acceptors (Lipinski definition) is 4. The smallest absolute Gasteiger partial charge is 0.225 e. The molecule has 6 nitrogen and oxygen atoms in total. The summed E-state index contributed by atoms with van der Waals surface area (Å²) >= 11 is 0. The number of hydrogen-bond donors (Lipinski definition) is 1. The normalized spacial score (nSPS) is 21.9. The molecule has 130 valence electrons. The van der Waals surface area contributed by atoms with Crippen molar-refractivity contribution in [1.29, 1.82) is 0 Å². The van der Waals surface area contributed by atoms with Crippen molar-refractivity contribution in [3.05, 3.63) is 35.9 Å². The summed E-state index contributed by atoms with van der Waals surface area (Å²) in [5, 5.41) is 2.98. The van der Waals surface area contributed by atoms with Gasteiger partial charge in [-0.15, -0.1) is 0 Å². The topological polar surface area (TPSA) is 61.9 Å². The Morgan fingerprint density at radius 1 is 1.21 bits per heavy atom. The lowest BCUT2D eigenvalue weighted by atomic mass is 10.1. The van der Waals surface area contributed by atoms with Crippen LogP contribution in [0.4, 0.5) is 0 Å². The molecule has 1 aromatic carbocycles. The summed E-state index contributed by atoms with van der Waals surface area (Å²) in [4.78, 5) is 28.5. The van der Waals surface area contributed by atoms with Gasteiger partial charge in [-0.2, -0.15) is 0 Å². The second-order valence-electron chi connectivity index (χ2n) is 6.41. The molecule has 3 rings (SSSR count). The second-order valence-corrected chi connectivity index (χ2v) is 6.41. The van der Waals surface area contributed by atoms with Gasteiger partial charge in [-0.3, -0.25) is 14.5 Å². The third-order valence-electron chi connectivity index (χ3n) is 4.63. The zero-order valence-electron chi connectivity index (χ0n) is 13.9. The fourth-order valence-electron chi connectivity index (χ4n) is 3.21. The molecule has 0 unspecified atom stereocenters. The molecule has 2 aliphatic rings. The van der Waals surface area contributed by atoms with E-state index in [2.05, 4.69) is 10.2 Å². The molecule has 2 saturated heterocycles. The number of benzene rings is 1. The summed E-state index contributed by atoms with van der Waals surface area (Å²) in [6.07, 6.45) is 0.316. The van der Waals surface area contributed by atoms with E-state index >= 15 is 0 Å². The van der Waals surface area contributed by atoms with Gasteiger partial charge in [-0.1, -0.05) is 30.3 Å². The Kier molecular flexibility index (Phi) is 5.82. The van der Waals surface area contributed by atoms with Gasteiger partial charge >= 0.3 is 0 Å². The van der Waals surface area contributed by atoms with E-state index < -0.39 is 0 Å². The average molecular weight is 331 g/mol. The van der Waals surface area contributed by atoms with Crippen LogP contribution in [0.15, 0.2) is 30.3 Å². The molecule has 0 bridgehead atoms. The van der Waals surface area contributed by atoms with Crippen molar-refractivity contribution in [2.24, 2.45) is 5.92 Å². The summed E-state index contributed by atoms with van der Waals surface area (Å²) in [5.74, 6) is -0.176. The number of nitrogens with one attached hydrogen (secondary N) is 1. The standard InChI is InChI=1S/C18H25N3O3/c22-17-12-16(14-21(17)13-15-4-2-1-3-5-15)18(23)19-6-7-20-8-10-24-11-9-20/h1-5,16H,6-14H2,(H,19,23)/t16-/m0/s1. The van der Waals surface area contributed by atoms with E-state index in [0.717, 1.165) is 38.4 Å². The van der Waals surface area contributed by atoms with Crippen LogP contribution in [0.1, 0.15) is 12.0 Å². The molecule has 2 amide bonds. The molecule has 2 fully saturated rings. The Labute approximate surface area is 142 Å². The maximum Gasteiger partial charge on any atom is 0.225 e. The zero-order chi connectivity index (χ0) is 16.8. The van der Waals surface area contributed by atoms with Gasteiger partial charge in [0.1, 0.15) is 0 Å². The minimum Gasteiger partial charge on any atom is -0.379 e. The van der Waals surface area contributed by atoms with Crippen molar-refractivity contribution in [1.82, 2.24) is 15.1 Å². The number of ether oxygens (including phenoxy) is 1. The Morgan fingerprint density at radius 3 is 2.71 bits per heavy atom. The van der Waals surface area contributed by atoms with Crippen LogP contribution >= 0.6 is 0 Å².